The van der Waals surface area contributed by atoms with E-state index in [0.717, 1.165) is 25.4 Å². The molecule has 1 aliphatic carbocycles. The van der Waals surface area contributed by atoms with Gasteiger partial charge >= 0.3 is 0 Å². The molecule has 2 rings (SSSR count). The van der Waals surface area contributed by atoms with Crippen molar-refractivity contribution < 1.29 is 4.79 Å². The molecule has 2 fully saturated rings. The van der Waals surface area contributed by atoms with E-state index in [0.29, 0.717) is 5.41 Å². The zero-order valence-electron chi connectivity index (χ0n) is 7.05. The summed E-state index contributed by atoms with van der Waals surface area (Å²) >= 11 is 0. The zero-order valence-corrected chi connectivity index (χ0v) is 7.05. The van der Waals surface area contributed by atoms with Crippen LogP contribution in [-0.2, 0) is 4.79 Å². The molecule has 62 valence electrons. The number of carbonyl (C=O) groups is 1. The van der Waals surface area contributed by atoms with E-state index in [4.69, 9.17) is 0 Å². The summed E-state index contributed by atoms with van der Waals surface area (Å²) in [5.41, 5.74) is 0.556. The number of amides is 1. The van der Waals surface area contributed by atoms with Crippen LogP contribution in [0.4, 0.5) is 0 Å². The lowest BCUT2D eigenvalue weighted by Crippen LogP contribution is -2.38. The predicted molar refractivity (Wildman–Crippen MR) is 43.1 cm³/mol. The number of rotatable bonds is 1. The fourth-order valence-electron chi connectivity index (χ4n) is 2.81. The molecular formula is C9H15NO. The van der Waals surface area contributed by atoms with Crippen molar-refractivity contribution in [1.29, 1.82) is 0 Å². The van der Waals surface area contributed by atoms with Crippen LogP contribution in [-0.4, -0.2) is 24.4 Å². The molecule has 2 nitrogen and oxygen atoms in total. The van der Waals surface area contributed by atoms with Crippen molar-refractivity contribution in [3.05, 3.63) is 0 Å². The molecule has 1 heterocycles. The molecule has 2 heteroatoms. The van der Waals surface area contributed by atoms with Gasteiger partial charge in [-0.05, 0) is 30.6 Å². The van der Waals surface area contributed by atoms with Gasteiger partial charge in [0.25, 0.3) is 0 Å². The second-order valence-corrected chi connectivity index (χ2v) is 4.34. The lowest BCUT2D eigenvalue weighted by Gasteiger charge is -2.43. The number of hydrogen-bond donors (Lipinski definition) is 0. The van der Waals surface area contributed by atoms with Gasteiger partial charge in [0, 0.05) is 13.1 Å². The van der Waals surface area contributed by atoms with Crippen LogP contribution >= 0.6 is 0 Å². The van der Waals surface area contributed by atoms with Gasteiger partial charge in [-0.1, -0.05) is 6.92 Å². The molecule has 0 aromatic rings. The lowest BCUT2D eigenvalue weighted by molar-refractivity contribution is -0.118. The number of nitrogens with zero attached hydrogens (tertiary/aromatic N) is 1. The Morgan fingerprint density at radius 2 is 2.27 bits per heavy atom. The van der Waals surface area contributed by atoms with Crippen molar-refractivity contribution in [3.63, 3.8) is 0 Å². The summed E-state index contributed by atoms with van der Waals surface area (Å²) in [5.74, 6) is 0.904. The minimum absolute atomic E-state index is 0.556. The molecule has 1 saturated heterocycles. The summed E-state index contributed by atoms with van der Waals surface area (Å²) in [6, 6.07) is 0. The highest BCUT2D eigenvalue weighted by atomic mass is 16.1. The Morgan fingerprint density at radius 3 is 2.73 bits per heavy atom. The van der Waals surface area contributed by atoms with Crippen LogP contribution in [0.2, 0.25) is 0 Å². The molecule has 0 unspecified atom stereocenters. The first-order valence-electron chi connectivity index (χ1n) is 4.43. The van der Waals surface area contributed by atoms with Crippen molar-refractivity contribution in [2.24, 2.45) is 11.3 Å². The van der Waals surface area contributed by atoms with Crippen molar-refractivity contribution in [3.8, 4) is 0 Å². The van der Waals surface area contributed by atoms with Gasteiger partial charge in [0.1, 0.15) is 0 Å². The minimum Gasteiger partial charge on any atom is -0.345 e. The first-order chi connectivity index (χ1) is 5.24. The molecule has 0 bridgehead atoms. The number of carbonyl (C=O) groups excluding carboxylic acids is 1. The maximum absolute atomic E-state index is 10.4. The maximum atomic E-state index is 10.4. The normalized spacial score (nSPS) is 42.6. The molecule has 0 radical (unpaired) electrons. The molecule has 0 aromatic heterocycles. The molecule has 2 aliphatic rings. The minimum atomic E-state index is 0.556. The highest BCUT2D eigenvalue weighted by molar-refractivity contribution is 5.48. The average Bonchev–Trinajstić information content (AvgIpc) is 2.31. The molecule has 0 N–H and O–H groups in total. The van der Waals surface area contributed by atoms with E-state index >= 15 is 0 Å². The van der Waals surface area contributed by atoms with Crippen LogP contribution in [0.15, 0.2) is 0 Å². The van der Waals surface area contributed by atoms with E-state index in [1.165, 1.54) is 19.3 Å². The fourth-order valence-corrected chi connectivity index (χ4v) is 2.81. The van der Waals surface area contributed by atoms with E-state index in [2.05, 4.69) is 6.92 Å². The Hall–Kier alpha value is -0.530. The van der Waals surface area contributed by atoms with E-state index < -0.39 is 0 Å². The third-order valence-corrected chi connectivity index (χ3v) is 3.18. The van der Waals surface area contributed by atoms with Gasteiger partial charge in [-0.15, -0.1) is 0 Å². The van der Waals surface area contributed by atoms with Crippen molar-refractivity contribution in [2.75, 3.05) is 13.1 Å². The monoisotopic (exact) mass is 153 g/mol. The molecule has 1 spiro atoms. The van der Waals surface area contributed by atoms with Gasteiger partial charge in [0.2, 0.25) is 6.41 Å². The average molecular weight is 153 g/mol. The molecular weight excluding hydrogens is 138 g/mol. The van der Waals surface area contributed by atoms with Crippen LogP contribution in [0.5, 0.6) is 0 Å². The van der Waals surface area contributed by atoms with Crippen LogP contribution in [0.25, 0.3) is 0 Å². The van der Waals surface area contributed by atoms with Crippen LogP contribution in [0.1, 0.15) is 26.2 Å². The van der Waals surface area contributed by atoms with Gasteiger partial charge in [-0.3, -0.25) is 4.79 Å². The summed E-state index contributed by atoms with van der Waals surface area (Å²) in [4.78, 5) is 12.4. The molecule has 1 amide bonds. The standard InChI is InChI=1S/C9H15NO/c1-8-4-9(5-8)2-3-10(6-9)7-11/h7-8H,2-6H2,1H3. The summed E-state index contributed by atoms with van der Waals surface area (Å²) in [7, 11) is 0. The molecule has 0 aromatic carbocycles. The molecule has 0 atom stereocenters. The first kappa shape index (κ1) is 7.14. The second-order valence-electron chi connectivity index (χ2n) is 4.34. The van der Waals surface area contributed by atoms with E-state index in [1.807, 2.05) is 4.90 Å². The predicted octanol–water partition coefficient (Wildman–Crippen LogP) is 1.26. The van der Waals surface area contributed by atoms with E-state index in [1.54, 1.807) is 0 Å². The Labute approximate surface area is 67.6 Å². The number of hydrogen-bond acceptors (Lipinski definition) is 1. The summed E-state index contributed by atoms with van der Waals surface area (Å²) in [6.45, 7) is 4.33. The Morgan fingerprint density at radius 1 is 1.55 bits per heavy atom. The van der Waals surface area contributed by atoms with Crippen LogP contribution < -0.4 is 0 Å². The van der Waals surface area contributed by atoms with Crippen molar-refractivity contribution >= 4 is 6.41 Å². The SMILES string of the molecule is CC1CC2(CCN(C=O)C2)C1. The molecule has 1 saturated carbocycles. The quantitative estimate of drug-likeness (QED) is 0.519. The molecule has 11 heavy (non-hydrogen) atoms. The molecule has 1 aliphatic heterocycles. The fraction of sp³-hybridized carbons (Fsp3) is 0.889. The van der Waals surface area contributed by atoms with Gasteiger partial charge in [0.15, 0.2) is 0 Å². The second kappa shape index (κ2) is 2.23. The Bertz CT molecular complexity index is 172. The summed E-state index contributed by atoms with van der Waals surface area (Å²) in [5, 5.41) is 0. The topological polar surface area (TPSA) is 20.3 Å². The van der Waals surface area contributed by atoms with Crippen LogP contribution in [0, 0.1) is 11.3 Å². The third-order valence-electron chi connectivity index (χ3n) is 3.18. The highest BCUT2D eigenvalue weighted by Crippen LogP contribution is 2.50. The van der Waals surface area contributed by atoms with E-state index in [-0.39, 0.29) is 0 Å². The smallest absolute Gasteiger partial charge is 0.209 e. The van der Waals surface area contributed by atoms with E-state index in [9.17, 15) is 4.79 Å². The van der Waals surface area contributed by atoms with Gasteiger partial charge < -0.3 is 4.90 Å². The summed E-state index contributed by atoms with van der Waals surface area (Å²) < 4.78 is 0. The number of likely N-dealkylation sites (tertiary alicyclic amines) is 1. The Kier molecular flexibility index (Phi) is 1.44. The zero-order chi connectivity index (χ0) is 7.90. The third kappa shape index (κ3) is 1.05. The Balaban J connectivity index is 1.94. The summed E-state index contributed by atoms with van der Waals surface area (Å²) in [6.07, 6.45) is 4.93. The van der Waals surface area contributed by atoms with Gasteiger partial charge in [-0.25, -0.2) is 0 Å². The van der Waals surface area contributed by atoms with Gasteiger partial charge in [0.05, 0.1) is 0 Å². The first-order valence-corrected chi connectivity index (χ1v) is 4.43. The highest BCUT2D eigenvalue weighted by Gasteiger charge is 2.46. The van der Waals surface area contributed by atoms with Crippen molar-refractivity contribution in [1.82, 2.24) is 4.90 Å². The lowest BCUT2D eigenvalue weighted by atomic mass is 9.62. The van der Waals surface area contributed by atoms with Crippen LogP contribution in [0.3, 0.4) is 0 Å². The van der Waals surface area contributed by atoms with Gasteiger partial charge in [-0.2, -0.15) is 0 Å². The largest absolute Gasteiger partial charge is 0.345 e. The maximum Gasteiger partial charge on any atom is 0.209 e. The van der Waals surface area contributed by atoms with Crippen molar-refractivity contribution in [2.45, 2.75) is 26.2 Å².